The number of sulfone groups is 1. The molecule has 0 unspecified atom stereocenters. The Labute approximate surface area is 169 Å². The molecule has 2 fully saturated rings. The Morgan fingerprint density at radius 1 is 1.21 bits per heavy atom. The minimum absolute atomic E-state index is 0.0542. The monoisotopic (exact) mass is 420 g/mol. The van der Waals surface area contributed by atoms with E-state index in [4.69, 9.17) is 0 Å². The molecule has 1 saturated carbocycles. The van der Waals surface area contributed by atoms with E-state index in [1.807, 2.05) is 41.8 Å². The van der Waals surface area contributed by atoms with Gasteiger partial charge in [0.1, 0.15) is 5.82 Å². The lowest BCUT2D eigenvalue weighted by Crippen LogP contribution is -2.41. The topological polar surface area (TPSA) is 85.2 Å². The summed E-state index contributed by atoms with van der Waals surface area (Å²) < 4.78 is 25.5. The maximum absolute atomic E-state index is 12.9. The van der Waals surface area contributed by atoms with Crippen molar-refractivity contribution in [2.24, 2.45) is 0 Å². The zero-order valence-electron chi connectivity index (χ0n) is 16.0. The summed E-state index contributed by atoms with van der Waals surface area (Å²) in [6.45, 7) is 1.84. The number of amides is 1. The largest absolute Gasteiger partial charge is 0.341 e. The Balaban J connectivity index is 1.53. The van der Waals surface area contributed by atoms with Crippen molar-refractivity contribution >= 4 is 27.5 Å². The highest BCUT2D eigenvalue weighted by molar-refractivity contribution is 8.00. The first-order valence-corrected chi connectivity index (χ1v) is 12.2. The van der Waals surface area contributed by atoms with Gasteiger partial charge in [0.25, 0.3) is 0 Å². The zero-order valence-corrected chi connectivity index (χ0v) is 17.6. The van der Waals surface area contributed by atoms with Crippen molar-refractivity contribution in [3.63, 3.8) is 0 Å². The van der Waals surface area contributed by atoms with Crippen molar-refractivity contribution in [3.8, 4) is 5.69 Å². The third-order valence-electron chi connectivity index (χ3n) is 5.35. The molecule has 2 atom stereocenters. The van der Waals surface area contributed by atoms with E-state index in [1.54, 1.807) is 11.9 Å². The molecule has 1 amide bonds. The molecule has 2 aromatic rings. The molecular formula is C19H24N4O3S2. The number of hydrogen-bond donors (Lipinski definition) is 0. The van der Waals surface area contributed by atoms with Gasteiger partial charge in [-0.2, -0.15) is 0 Å². The van der Waals surface area contributed by atoms with Crippen LogP contribution in [-0.2, 0) is 14.6 Å². The van der Waals surface area contributed by atoms with Crippen LogP contribution in [-0.4, -0.2) is 63.8 Å². The lowest BCUT2D eigenvalue weighted by atomic mass is 10.2. The molecule has 0 radical (unpaired) electrons. The Morgan fingerprint density at radius 2 is 1.93 bits per heavy atom. The van der Waals surface area contributed by atoms with Gasteiger partial charge in [0.15, 0.2) is 15.0 Å². The molecule has 150 valence electrons. The number of carbonyl (C=O) groups excluding carboxylic acids is 1. The summed E-state index contributed by atoms with van der Waals surface area (Å²) in [5.41, 5.74) is 0.992. The van der Waals surface area contributed by atoms with Gasteiger partial charge in [-0.1, -0.05) is 30.0 Å². The minimum Gasteiger partial charge on any atom is -0.341 e. The second kappa shape index (κ2) is 7.51. The quantitative estimate of drug-likeness (QED) is 0.667. The minimum atomic E-state index is -3.03. The Morgan fingerprint density at radius 3 is 2.54 bits per heavy atom. The third kappa shape index (κ3) is 3.96. The zero-order chi connectivity index (χ0) is 19.9. The van der Waals surface area contributed by atoms with Crippen LogP contribution < -0.4 is 0 Å². The number of aromatic nitrogens is 3. The van der Waals surface area contributed by atoms with E-state index < -0.39 is 9.84 Å². The number of para-hydroxylation sites is 1. The summed E-state index contributed by atoms with van der Waals surface area (Å²) in [5.74, 6) is 1.51. The highest BCUT2D eigenvalue weighted by atomic mass is 32.2. The fourth-order valence-electron chi connectivity index (χ4n) is 3.54. The van der Waals surface area contributed by atoms with Crippen LogP contribution in [0.3, 0.4) is 0 Å². The molecule has 0 spiro atoms. The van der Waals surface area contributed by atoms with E-state index in [0.717, 1.165) is 24.4 Å². The van der Waals surface area contributed by atoms with Crippen molar-refractivity contribution in [1.29, 1.82) is 0 Å². The van der Waals surface area contributed by atoms with E-state index in [0.29, 0.717) is 17.5 Å². The Hall–Kier alpha value is -1.87. The van der Waals surface area contributed by atoms with Crippen molar-refractivity contribution in [2.75, 3.05) is 18.6 Å². The highest BCUT2D eigenvalue weighted by Gasteiger charge is 2.35. The van der Waals surface area contributed by atoms with E-state index >= 15 is 0 Å². The summed E-state index contributed by atoms with van der Waals surface area (Å²) in [5, 5.41) is 9.07. The number of benzene rings is 1. The summed E-state index contributed by atoms with van der Waals surface area (Å²) in [6.07, 6.45) is 2.74. The highest BCUT2D eigenvalue weighted by Crippen LogP contribution is 2.41. The standard InChI is InChI=1S/C19H24N4O3S2/c1-13(18(24)22(2)16-10-11-28(25,26)12-16)27-19-21-20-17(14-8-9-14)23(19)15-6-4-3-5-7-15/h3-7,13-14,16H,8-12H2,1-2H3/t13-,16+/m0/s1. The number of hydrogen-bond acceptors (Lipinski definition) is 6. The van der Waals surface area contributed by atoms with Crippen LogP contribution in [0, 0.1) is 0 Å². The van der Waals surface area contributed by atoms with Gasteiger partial charge < -0.3 is 4.90 Å². The molecule has 1 saturated heterocycles. The number of rotatable bonds is 6. The molecule has 28 heavy (non-hydrogen) atoms. The SMILES string of the molecule is C[C@H](Sc1nnc(C2CC2)n1-c1ccccc1)C(=O)N(C)[C@@H]1CCS(=O)(=O)C1. The summed E-state index contributed by atoms with van der Waals surface area (Å²) in [6, 6.07) is 9.71. The van der Waals surface area contributed by atoms with Crippen LogP contribution in [0.1, 0.15) is 37.9 Å². The van der Waals surface area contributed by atoms with Crippen LogP contribution in [0.5, 0.6) is 0 Å². The van der Waals surface area contributed by atoms with Gasteiger partial charge in [0.05, 0.1) is 16.8 Å². The molecule has 7 nitrogen and oxygen atoms in total. The molecule has 9 heteroatoms. The van der Waals surface area contributed by atoms with Gasteiger partial charge in [0, 0.05) is 24.7 Å². The first-order valence-electron chi connectivity index (χ1n) is 9.50. The van der Waals surface area contributed by atoms with Crippen molar-refractivity contribution < 1.29 is 13.2 Å². The second-order valence-corrected chi connectivity index (χ2v) is 11.1. The van der Waals surface area contributed by atoms with E-state index in [-0.39, 0.29) is 28.7 Å². The van der Waals surface area contributed by atoms with Crippen LogP contribution in [0.25, 0.3) is 5.69 Å². The third-order valence-corrected chi connectivity index (χ3v) is 8.13. The van der Waals surface area contributed by atoms with Crippen molar-refractivity contribution in [1.82, 2.24) is 19.7 Å². The molecule has 0 bridgehead atoms. The van der Waals surface area contributed by atoms with Crippen LogP contribution in [0.15, 0.2) is 35.5 Å². The summed E-state index contributed by atoms with van der Waals surface area (Å²) in [7, 11) is -1.33. The molecule has 2 heterocycles. The summed E-state index contributed by atoms with van der Waals surface area (Å²) >= 11 is 1.37. The van der Waals surface area contributed by atoms with E-state index in [1.165, 1.54) is 11.8 Å². The van der Waals surface area contributed by atoms with E-state index in [9.17, 15) is 13.2 Å². The van der Waals surface area contributed by atoms with E-state index in [2.05, 4.69) is 10.2 Å². The smallest absolute Gasteiger partial charge is 0.235 e. The van der Waals surface area contributed by atoms with Crippen molar-refractivity contribution in [2.45, 2.75) is 48.6 Å². The number of nitrogens with zero attached hydrogens (tertiary/aromatic N) is 4. The average molecular weight is 421 g/mol. The molecule has 1 aliphatic heterocycles. The lowest BCUT2D eigenvalue weighted by molar-refractivity contribution is -0.130. The summed E-state index contributed by atoms with van der Waals surface area (Å²) in [4.78, 5) is 14.5. The van der Waals surface area contributed by atoms with Gasteiger partial charge in [0.2, 0.25) is 5.91 Å². The fourth-order valence-corrected chi connectivity index (χ4v) is 6.29. The van der Waals surface area contributed by atoms with Crippen LogP contribution >= 0.6 is 11.8 Å². The van der Waals surface area contributed by atoms with Gasteiger partial charge in [-0.15, -0.1) is 10.2 Å². The fraction of sp³-hybridized carbons (Fsp3) is 0.526. The molecule has 2 aliphatic rings. The maximum Gasteiger partial charge on any atom is 0.235 e. The molecular weight excluding hydrogens is 396 g/mol. The second-order valence-electron chi connectivity index (χ2n) is 7.55. The predicted molar refractivity (Wildman–Crippen MR) is 108 cm³/mol. The van der Waals surface area contributed by atoms with Gasteiger partial charge in [-0.3, -0.25) is 9.36 Å². The Bertz CT molecular complexity index is 970. The number of thioether (sulfide) groups is 1. The predicted octanol–water partition coefficient (Wildman–Crippen LogP) is 2.27. The van der Waals surface area contributed by atoms with Gasteiger partial charge >= 0.3 is 0 Å². The molecule has 4 rings (SSSR count). The van der Waals surface area contributed by atoms with Crippen LogP contribution in [0.4, 0.5) is 0 Å². The normalized spacial score (nSPS) is 22.1. The van der Waals surface area contributed by atoms with Crippen LogP contribution in [0.2, 0.25) is 0 Å². The average Bonchev–Trinajstić information content (AvgIpc) is 3.35. The first-order chi connectivity index (χ1) is 13.4. The Kier molecular flexibility index (Phi) is 5.22. The van der Waals surface area contributed by atoms with Gasteiger partial charge in [-0.25, -0.2) is 8.42 Å². The molecule has 0 N–H and O–H groups in total. The lowest BCUT2D eigenvalue weighted by Gasteiger charge is -2.26. The molecule has 1 aromatic carbocycles. The molecule has 1 aliphatic carbocycles. The molecule has 1 aromatic heterocycles. The maximum atomic E-state index is 12.9. The first kappa shape index (κ1) is 19.4. The van der Waals surface area contributed by atoms with Gasteiger partial charge in [-0.05, 0) is 38.3 Å². The van der Waals surface area contributed by atoms with Crippen molar-refractivity contribution in [3.05, 3.63) is 36.2 Å². The number of carbonyl (C=O) groups is 1.